The van der Waals surface area contributed by atoms with Gasteiger partial charge in [-0.3, -0.25) is 9.59 Å². The number of ether oxygens (including phenoxy) is 1. The fourth-order valence-electron chi connectivity index (χ4n) is 6.67. The highest BCUT2D eigenvalue weighted by atomic mass is 19.1. The van der Waals surface area contributed by atoms with Gasteiger partial charge in [0.1, 0.15) is 17.6 Å². The summed E-state index contributed by atoms with van der Waals surface area (Å²) in [6.07, 6.45) is 8.71. The second-order valence-electron chi connectivity index (χ2n) is 9.32. The maximum Gasteiger partial charge on any atom is 0.302 e. The average Bonchev–Trinajstić information content (AvgIpc) is 2.84. The minimum atomic E-state index is -1.41. The summed E-state index contributed by atoms with van der Waals surface area (Å²) in [7, 11) is 0. The molecule has 7 atom stereocenters. The Morgan fingerprint density at radius 3 is 2.68 bits per heavy atom. The third-order valence-corrected chi connectivity index (χ3v) is 8.24. The van der Waals surface area contributed by atoms with Crippen molar-refractivity contribution in [2.75, 3.05) is 0 Å². The Kier molecular flexibility index (Phi) is 3.73. The summed E-state index contributed by atoms with van der Waals surface area (Å²) >= 11 is 0. The predicted molar refractivity (Wildman–Crippen MR) is 92.5 cm³/mol. The fourth-order valence-corrected chi connectivity index (χ4v) is 6.67. The number of halogens is 1. The van der Waals surface area contributed by atoms with E-state index in [1.165, 1.54) is 6.92 Å². The van der Waals surface area contributed by atoms with Crippen molar-refractivity contribution in [3.63, 3.8) is 0 Å². The second kappa shape index (κ2) is 5.40. The third-order valence-electron chi connectivity index (χ3n) is 8.24. The van der Waals surface area contributed by atoms with Gasteiger partial charge < -0.3 is 4.74 Å². The lowest BCUT2D eigenvalue weighted by molar-refractivity contribution is -0.163. The van der Waals surface area contributed by atoms with Crippen LogP contribution in [-0.4, -0.2) is 23.5 Å². The minimum Gasteiger partial charge on any atom is -0.462 e. The molecule has 0 N–H and O–H groups in total. The summed E-state index contributed by atoms with van der Waals surface area (Å²) in [6, 6.07) is 0. The van der Waals surface area contributed by atoms with Gasteiger partial charge in [0.25, 0.3) is 0 Å². The largest absolute Gasteiger partial charge is 0.462 e. The van der Waals surface area contributed by atoms with E-state index >= 15 is 4.39 Å². The number of carbonyl (C=O) groups is 2. The highest BCUT2D eigenvalue weighted by Gasteiger charge is 2.64. The molecule has 0 radical (unpaired) electrons. The van der Waals surface area contributed by atoms with Gasteiger partial charge in [0, 0.05) is 30.6 Å². The molecule has 0 unspecified atom stereocenters. The Hall–Kier alpha value is -1.19. The van der Waals surface area contributed by atoms with Crippen LogP contribution >= 0.6 is 0 Å². The van der Waals surface area contributed by atoms with Crippen LogP contribution in [0, 0.1) is 28.6 Å². The summed E-state index contributed by atoms with van der Waals surface area (Å²) in [6.45, 7) is 5.62. The van der Waals surface area contributed by atoms with Crippen LogP contribution < -0.4 is 0 Å². The maximum atomic E-state index is 16.0. The molecular formula is C21H29FO3. The van der Waals surface area contributed by atoms with Crippen LogP contribution in [0.4, 0.5) is 4.39 Å². The first-order valence-electron chi connectivity index (χ1n) is 9.78. The Morgan fingerprint density at radius 1 is 1.20 bits per heavy atom. The minimum absolute atomic E-state index is 0.201. The molecule has 0 aromatic rings. The maximum absolute atomic E-state index is 16.0. The summed E-state index contributed by atoms with van der Waals surface area (Å²) in [4.78, 5) is 23.7. The monoisotopic (exact) mass is 348 g/mol. The summed E-state index contributed by atoms with van der Waals surface area (Å²) < 4.78 is 21.4. The second-order valence-corrected chi connectivity index (χ2v) is 9.32. The number of allylic oxidation sites excluding steroid dienone is 2. The van der Waals surface area contributed by atoms with E-state index < -0.39 is 11.1 Å². The van der Waals surface area contributed by atoms with E-state index in [0.717, 1.165) is 32.1 Å². The topological polar surface area (TPSA) is 43.4 Å². The van der Waals surface area contributed by atoms with Crippen LogP contribution in [-0.2, 0) is 14.3 Å². The van der Waals surface area contributed by atoms with Crippen molar-refractivity contribution < 1.29 is 18.7 Å². The van der Waals surface area contributed by atoms with Crippen molar-refractivity contribution in [3.8, 4) is 0 Å². The molecule has 3 saturated carbocycles. The van der Waals surface area contributed by atoms with E-state index in [1.54, 1.807) is 6.08 Å². The predicted octanol–water partition coefficient (Wildman–Crippen LogP) is 4.40. The summed E-state index contributed by atoms with van der Waals surface area (Å²) in [5.74, 6) is 1.04. The molecule has 0 aromatic heterocycles. The molecule has 25 heavy (non-hydrogen) atoms. The van der Waals surface area contributed by atoms with E-state index in [0.29, 0.717) is 24.0 Å². The molecule has 4 aliphatic rings. The quantitative estimate of drug-likeness (QED) is 0.521. The summed E-state index contributed by atoms with van der Waals surface area (Å²) in [5.41, 5.74) is -2.04. The molecule has 4 aliphatic carbocycles. The molecule has 3 fully saturated rings. The molecule has 0 heterocycles. The lowest BCUT2D eigenvalue weighted by Crippen LogP contribution is -2.59. The van der Waals surface area contributed by atoms with Gasteiger partial charge in [-0.15, -0.1) is 0 Å². The van der Waals surface area contributed by atoms with Gasteiger partial charge in [0.05, 0.1) is 0 Å². The van der Waals surface area contributed by atoms with Crippen molar-refractivity contribution in [3.05, 3.63) is 12.2 Å². The van der Waals surface area contributed by atoms with Crippen molar-refractivity contribution in [2.45, 2.75) is 77.5 Å². The molecule has 4 heteroatoms. The highest BCUT2D eigenvalue weighted by Crippen LogP contribution is 2.65. The van der Waals surface area contributed by atoms with Crippen LogP contribution in [0.5, 0.6) is 0 Å². The fraction of sp³-hybridized carbons (Fsp3) is 0.810. The van der Waals surface area contributed by atoms with Crippen molar-refractivity contribution in [2.24, 2.45) is 28.6 Å². The zero-order valence-corrected chi connectivity index (χ0v) is 15.5. The van der Waals surface area contributed by atoms with E-state index in [2.05, 4.69) is 19.9 Å². The van der Waals surface area contributed by atoms with Crippen LogP contribution in [0.15, 0.2) is 12.2 Å². The van der Waals surface area contributed by atoms with Gasteiger partial charge in [-0.1, -0.05) is 26.0 Å². The van der Waals surface area contributed by atoms with Gasteiger partial charge >= 0.3 is 5.97 Å². The SMILES string of the molecule is CC(=O)O[C@H]1CC[C@]2(C)[C@H]3CC[C@]4(C)C(=O)CC[C@H]4[C@@H]3C=C[C@@]2(F)C1. The number of rotatable bonds is 1. The van der Waals surface area contributed by atoms with Crippen LogP contribution in [0.3, 0.4) is 0 Å². The van der Waals surface area contributed by atoms with E-state index in [1.807, 2.05) is 0 Å². The molecule has 3 nitrogen and oxygen atoms in total. The van der Waals surface area contributed by atoms with Crippen LogP contribution in [0.1, 0.15) is 65.7 Å². The van der Waals surface area contributed by atoms with Crippen molar-refractivity contribution in [1.29, 1.82) is 0 Å². The number of alkyl halides is 1. The molecule has 0 aromatic carbocycles. The van der Waals surface area contributed by atoms with E-state index in [9.17, 15) is 9.59 Å². The number of ketones is 1. The molecule has 0 saturated heterocycles. The smallest absolute Gasteiger partial charge is 0.302 e. The van der Waals surface area contributed by atoms with Gasteiger partial charge in [-0.2, -0.15) is 0 Å². The first kappa shape index (κ1) is 17.2. The normalized spacial score (nSPS) is 51.4. The zero-order chi connectivity index (χ0) is 18.0. The number of Topliss-reactive ketones (excluding diaryl/α,β-unsaturated/α-hetero) is 1. The molecule has 0 aliphatic heterocycles. The number of carbonyl (C=O) groups excluding carboxylic acids is 2. The Bertz CT molecular complexity index is 643. The molecule has 0 spiro atoms. The number of hydrogen-bond donors (Lipinski definition) is 0. The van der Waals surface area contributed by atoms with Gasteiger partial charge in [0.15, 0.2) is 0 Å². The third kappa shape index (κ3) is 2.28. The van der Waals surface area contributed by atoms with Crippen LogP contribution in [0.2, 0.25) is 0 Å². The molecule has 0 bridgehead atoms. The Morgan fingerprint density at radius 2 is 1.96 bits per heavy atom. The first-order chi connectivity index (χ1) is 11.7. The molecular weight excluding hydrogens is 319 g/mol. The van der Waals surface area contributed by atoms with Crippen molar-refractivity contribution >= 4 is 11.8 Å². The average molecular weight is 348 g/mol. The highest BCUT2D eigenvalue weighted by molar-refractivity contribution is 5.87. The van der Waals surface area contributed by atoms with Gasteiger partial charge in [-0.25, -0.2) is 4.39 Å². The molecule has 138 valence electrons. The first-order valence-corrected chi connectivity index (χ1v) is 9.78. The standard InChI is InChI=1S/C21H29FO3/c1-13(23)25-14-6-10-20(3)17-8-9-19(2)16(4-5-18(19)24)15(17)7-11-21(20,22)12-14/h7,11,14-17H,4-6,8-10,12H2,1-3H3/t14-,15-,16-,17-,19-,20+,21+/m0/s1. The number of fused-ring (bicyclic) bond motifs is 5. The van der Waals surface area contributed by atoms with Gasteiger partial charge in [0.2, 0.25) is 0 Å². The van der Waals surface area contributed by atoms with E-state index in [4.69, 9.17) is 4.74 Å². The Balaban J connectivity index is 1.65. The lowest BCUT2D eigenvalue weighted by atomic mass is 9.46. The Labute approximate surface area is 149 Å². The number of hydrogen-bond acceptors (Lipinski definition) is 3. The van der Waals surface area contributed by atoms with E-state index in [-0.39, 0.29) is 29.8 Å². The van der Waals surface area contributed by atoms with Gasteiger partial charge in [-0.05, 0) is 49.9 Å². The lowest BCUT2D eigenvalue weighted by Gasteiger charge is -2.59. The number of esters is 1. The van der Waals surface area contributed by atoms with Crippen molar-refractivity contribution in [1.82, 2.24) is 0 Å². The summed E-state index contributed by atoms with van der Waals surface area (Å²) in [5, 5.41) is 0. The molecule has 0 amide bonds. The molecule has 4 rings (SSSR count). The zero-order valence-electron chi connectivity index (χ0n) is 15.5. The van der Waals surface area contributed by atoms with Crippen LogP contribution in [0.25, 0.3) is 0 Å².